The third-order valence-corrected chi connectivity index (χ3v) is 9.90. The average molecular weight is 785 g/mol. The number of hydrogen-bond acceptors (Lipinski definition) is 7. The van der Waals surface area contributed by atoms with E-state index in [2.05, 4.69) is 59.2 Å². The number of para-hydroxylation sites is 2. The van der Waals surface area contributed by atoms with Gasteiger partial charge < -0.3 is 34.3 Å². The van der Waals surface area contributed by atoms with E-state index in [1.165, 1.54) is 10.8 Å². The molecule has 296 valence electrons. The van der Waals surface area contributed by atoms with E-state index in [-0.39, 0.29) is 25.0 Å². The van der Waals surface area contributed by atoms with E-state index >= 15 is 0 Å². The predicted octanol–water partition coefficient (Wildman–Crippen LogP) is 10.3. The van der Waals surface area contributed by atoms with Crippen molar-refractivity contribution in [1.82, 2.24) is 0 Å². The van der Waals surface area contributed by atoms with Crippen LogP contribution in [-0.4, -0.2) is 64.7 Å². The van der Waals surface area contributed by atoms with Gasteiger partial charge in [-0.2, -0.15) is 0 Å². The van der Waals surface area contributed by atoms with Gasteiger partial charge >= 0.3 is 0 Å². The van der Waals surface area contributed by atoms with Crippen molar-refractivity contribution < 1.29 is 33.3 Å². The fraction of sp³-hybridized carbons (Fsp3) is 0.160. The molecule has 2 N–H and O–H groups in total. The van der Waals surface area contributed by atoms with Crippen LogP contribution in [0.1, 0.15) is 20.7 Å². The third-order valence-electron chi connectivity index (χ3n) is 9.90. The summed E-state index contributed by atoms with van der Waals surface area (Å²) in [5, 5.41) is 15.0. The van der Waals surface area contributed by atoms with Crippen LogP contribution in [0, 0.1) is 0 Å². The average Bonchev–Trinajstić information content (AvgIpc) is 3.26. The van der Waals surface area contributed by atoms with Crippen molar-refractivity contribution in [3.05, 3.63) is 169 Å². The number of ether oxygens (including phenoxy) is 5. The molecule has 0 fully saturated rings. The highest BCUT2D eigenvalue weighted by Crippen LogP contribution is 2.28. The molecular weight excluding hydrogens is 741 g/mol. The van der Waals surface area contributed by atoms with Crippen molar-refractivity contribution in [3.63, 3.8) is 0 Å². The molecule has 0 aromatic heterocycles. The largest absolute Gasteiger partial charge is 0.490 e. The highest BCUT2D eigenvalue weighted by Gasteiger charge is 2.15. The molecule has 0 aliphatic rings. The number of fused-ring (bicyclic) bond motifs is 4. The molecule has 0 aliphatic carbocycles. The molecule has 0 radical (unpaired) electrons. The maximum absolute atomic E-state index is 13.2. The number of rotatable bonds is 18. The van der Waals surface area contributed by atoms with Gasteiger partial charge in [0.2, 0.25) is 0 Å². The van der Waals surface area contributed by atoms with Gasteiger partial charge in [-0.05, 0) is 116 Å². The Morgan fingerprint density at radius 1 is 0.339 bits per heavy atom. The lowest BCUT2D eigenvalue weighted by Crippen LogP contribution is -2.16. The van der Waals surface area contributed by atoms with Gasteiger partial charge in [-0.25, -0.2) is 0 Å². The lowest BCUT2D eigenvalue weighted by atomic mass is 10.0. The van der Waals surface area contributed by atoms with Crippen LogP contribution < -0.4 is 20.1 Å². The summed E-state index contributed by atoms with van der Waals surface area (Å²) in [7, 11) is 0. The predicted molar refractivity (Wildman–Crippen MR) is 235 cm³/mol. The molecular formula is C50H44N2O7. The Balaban J connectivity index is 0.699. The second-order valence-electron chi connectivity index (χ2n) is 14.0. The van der Waals surface area contributed by atoms with E-state index < -0.39 is 0 Å². The summed E-state index contributed by atoms with van der Waals surface area (Å²) in [6.45, 7) is 2.82. The zero-order chi connectivity index (χ0) is 40.2. The van der Waals surface area contributed by atoms with Crippen molar-refractivity contribution >= 4 is 66.3 Å². The van der Waals surface area contributed by atoms with Crippen LogP contribution >= 0.6 is 0 Å². The maximum atomic E-state index is 13.2. The van der Waals surface area contributed by atoms with E-state index in [1.807, 2.05) is 84.9 Å². The number of hydrogen-bond donors (Lipinski definition) is 2. The lowest BCUT2D eigenvalue weighted by Gasteiger charge is -2.13. The molecule has 8 aromatic carbocycles. The van der Waals surface area contributed by atoms with Gasteiger partial charge in [0.25, 0.3) is 11.8 Å². The van der Waals surface area contributed by atoms with Gasteiger partial charge in [0, 0.05) is 11.4 Å². The Kier molecular flexibility index (Phi) is 12.7. The van der Waals surface area contributed by atoms with Gasteiger partial charge in [-0.15, -0.1) is 0 Å². The van der Waals surface area contributed by atoms with Gasteiger partial charge in [0.1, 0.15) is 24.7 Å². The van der Waals surface area contributed by atoms with Crippen molar-refractivity contribution in [2.45, 2.75) is 0 Å². The molecule has 0 aliphatic heterocycles. The normalized spacial score (nSPS) is 11.3. The van der Waals surface area contributed by atoms with Crippen LogP contribution in [0.25, 0.3) is 43.1 Å². The summed E-state index contributed by atoms with van der Waals surface area (Å²) in [4.78, 5) is 26.5. The molecule has 9 nitrogen and oxygen atoms in total. The van der Waals surface area contributed by atoms with E-state index in [1.54, 1.807) is 24.3 Å². The first-order valence-corrected chi connectivity index (χ1v) is 19.7. The third kappa shape index (κ3) is 10.0. The highest BCUT2D eigenvalue weighted by molar-refractivity contribution is 6.09. The van der Waals surface area contributed by atoms with Crippen molar-refractivity contribution in [3.8, 4) is 11.5 Å². The Hall–Kier alpha value is -6.78. The van der Waals surface area contributed by atoms with Crippen LogP contribution in [0.4, 0.5) is 11.4 Å². The monoisotopic (exact) mass is 784 g/mol. The summed E-state index contributed by atoms with van der Waals surface area (Å²) in [6.07, 6.45) is 0. The highest BCUT2D eigenvalue weighted by atomic mass is 16.6. The molecule has 59 heavy (non-hydrogen) atoms. The number of anilines is 2. The van der Waals surface area contributed by atoms with Crippen LogP contribution in [0.5, 0.6) is 11.5 Å². The fourth-order valence-electron chi connectivity index (χ4n) is 6.96. The minimum atomic E-state index is -0.247. The molecule has 8 aromatic rings. The second kappa shape index (κ2) is 19.1. The fourth-order valence-corrected chi connectivity index (χ4v) is 6.96. The van der Waals surface area contributed by atoms with Crippen LogP contribution in [0.3, 0.4) is 0 Å². The van der Waals surface area contributed by atoms with Crippen molar-refractivity contribution in [1.29, 1.82) is 0 Å². The SMILES string of the molecule is O=C(Nc1ccc2cc3ccccc3cc2c1)c1ccccc1OCCOCCOCCOCCOc1ccccc1C(=O)Nc1ccc2cc3ccccc3cc2c1. The first-order valence-electron chi connectivity index (χ1n) is 19.7. The molecule has 0 heterocycles. The standard InChI is InChI=1S/C50H44N2O7/c53-49(51-43-19-17-39-29-35-9-1-3-11-37(35)31-41(39)33-43)45-13-5-7-15-47(45)58-27-25-56-23-21-55-22-24-57-26-28-59-48-16-8-6-14-46(48)50(54)52-44-20-18-40-30-36-10-2-4-12-38(36)32-42(40)34-44/h1-20,29-34H,21-28H2,(H,51,53)(H,52,54). The Morgan fingerprint density at radius 3 is 1.07 bits per heavy atom. The smallest absolute Gasteiger partial charge is 0.259 e. The molecule has 0 bridgehead atoms. The van der Waals surface area contributed by atoms with E-state index in [0.29, 0.717) is 73.6 Å². The van der Waals surface area contributed by atoms with Crippen molar-refractivity contribution in [2.75, 3.05) is 63.5 Å². The maximum Gasteiger partial charge on any atom is 0.259 e. The summed E-state index contributed by atoms with van der Waals surface area (Å²) < 4.78 is 28.8. The summed E-state index contributed by atoms with van der Waals surface area (Å²) in [6, 6.07) is 51.2. The second-order valence-corrected chi connectivity index (χ2v) is 14.0. The molecule has 9 heteroatoms. The number of amides is 2. The quantitative estimate of drug-likeness (QED) is 0.0659. The molecule has 0 saturated heterocycles. The number of benzene rings is 8. The Morgan fingerprint density at radius 2 is 0.661 bits per heavy atom. The Bertz CT molecular complexity index is 2550. The number of carbonyl (C=O) groups excluding carboxylic acids is 2. The summed E-state index contributed by atoms with van der Waals surface area (Å²) >= 11 is 0. The molecule has 0 atom stereocenters. The van der Waals surface area contributed by atoms with Gasteiger partial charge in [-0.3, -0.25) is 9.59 Å². The molecule has 0 spiro atoms. The number of carbonyl (C=O) groups is 2. The number of nitrogens with one attached hydrogen (secondary N) is 2. The molecule has 0 saturated carbocycles. The lowest BCUT2D eigenvalue weighted by molar-refractivity contribution is 0.00493. The van der Waals surface area contributed by atoms with Crippen LogP contribution in [-0.2, 0) is 14.2 Å². The van der Waals surface area contributed by atoms with E-state index in [9.17, 15) is 9.59 Å². The first kappa shape index (κ1) is 39.1. The van der Waals surface area contributed by atoms with Gasteiger partial charge in [0.15, 0.2) is 0 Å². The Labute approximate surface area is 342 Å². The van der Waals surface area contributed by atoms with Crippen LogP contribution in [0.15, 0.2) is 158 Å². The topological polar surface area (TPSA) is 104 Å². The summed E-state index contributed by atoms with van der Waals surface area (Å²) in [5.74, 6) is 0.477. The minimum absolute atomic E-state index is 0.247. The molecule has 8 rings (SSSR count). The first-order chi connectivity index (χ1) is 29.1. The van der Waals surface area contributed by atoms with E-state index in [4.69, 9.17) is 23.7 Å². The van der Waals surface area contributed by atoms with E-state index in [0.717, 1.165) is 32.3 Å². The zero-order valence-electron chi connectivity index (χ0n) is 32.5. The van der Waals surface area contributed by atoms with Crippen molar-refractivity contribution in [2.24, 2.45) is 0 Å². The minimum Gasteiger partial charge on any atom is -0.490 e. The molecule has 0 unspecified atom stereocenters. The zero-order valence-corrected chi connectivity index (χ0v) is 32.5. The van der Waals surface area contributed by atoms with Crippen LogP contribution in [0.2, 0.25) is 0 Å². The van der Waals surface area contributed by atoms with Gasteiger partial charge in [-0.1, -0.05) is 84.9 Å². The summed E-state index contributed by atoms with van der Waals surface area (Å²) in [5.41, 5.74) is 2.31. The molecule has 2 amide bonds. The van der Waals surface area contributed by atoms with Gasteiger partial charge in [0.05, 0.1) is 50.8 Å².